The molecule has 0 saturated heterocycles. The number of anilines is 2. The van der Waals surface area contributed by atoms with Crippen molar-refractivity contribution in [3.05, 3.63) is 88.4 Å². The van der Waals surface area contributed by atoms with Crippen LogP contribution in [0.5, 0.6) is 11.5 Å². The first-order valence-corrected chi connectivity index (χ1v) is 10.1. The lowest BCUT2D eigenvalue weighted by atomic mass is 10.0. The van der Waals surface area contributed by atoms with Gasteiger partial charge in [0.2, 0.25) is 0 Å². The van der Waals surface area contributed by atoms with Gasteiger partial charge in [-0.1, -0.05) is 35.4 Å². The smallest absolute Gasteiger partial charge is 0.146 e. The number of aromatic nitrogens is 2. The number of hydrogen-bond donors (Lipinski definition) is 2. The van der Waals surface area contributed by atoms with E-state index in [-0.39, 0.29) is 6.61 Å². The fraction of sp³-hybridized carbons (Fsp3) is 0.125. The first-order chi connectivity index (χ1) is 15.2. The summed E-state index contributed by atoms with van der Waals surface area (Å²) in [5, 5.41) is 22.1. The maximum absolute atomic E-state index is 9.30. The van der Waals surface area contributed by atoms with Gasteiger partial charge in [-0.25, -0.2) is 9.97 Å². The fourth-order valence-electron chi connectivity index (χ4n) is 3.28. The number of nitrogens with one attached hydrogen (secondary N) is 1. The van der Waals surface area contributed by atoms with Crippen molar-refractivity contribution in [2.75, 3.05) is 11.9 Å². The lowest BCUT2D eigenvalue weighted by Crippen LogP contribution is -2.05. The van der Waals surface area contributed by atoms with Crippen LogP contribution in [0.1, 0.15) is 23.2 Å². The lowest BCUT2D eigenvalue weighted by Gasteiger charge is -2.14. The van der Waals surface area contributed by atoms with Crippen LogP contribution in [0.2, 0.25) is 5.02 Å². The zero-order valence-electron chi connectivity index (χ0n) is 16.5. The van der Waals surface area contributed by atoms with Crippen LogP contribution in [0.25, 0.3) is 6.08 Å². The van der Waals surface area contributed by atoms with Crippen LogP contribution >= 0.6 is 11.6 Å². The summed E-state index contributed by atoms with van der Waals surface area (Å²) in [6.45, 7) is 0.0970. The Morgan fingerprint density at radius 1 is 1.19 bits per heavy atom. The first-order valence-electron chi connectivity index (χ1n) is 9.71. The number of halogens is 1. The van der Waals surface area contributed by atoms with E-state index in [2.05, 4.69) is 21.4 Å². The van der Waals surface area contributed by atoms with Crippen LogP contribution in [-0.4, -0.2) is 21.7 Å². The maximum Gasteiger partial charge on any atom is 0.146 e. The topological polar surface area (TPSA) is 91.1 Å². The normalized spacial score (nSPS) is 12.4. The molecule has 4 rings (SSSR count). The molecule has 6 nitrogen and oxygen atoms in total. The van der Waals surface area contributed by atoms with E-state index in [1.807, 2.05) is 24.3 Å². The molecule has 0 radical (unpaired) electrons. The maximum atomic E-state index is 9.30. The third kappa shape index (κ3) is 4.92. The number of aliphatic hydroxyl groups is 1. The number of nitrogens with zero attached hydrogens (tertiary/aromatic N) is 3. The van der Waals surface area contributed by atoms with E-state index in [9.17, 15) is 5.11 Å². The van der Waals surface area contributed by atoms with E-state index in [0.717, 1.165) is 22.5 Å². The molecular weight excluding hydrogens is 412 g/mol. The highest BCUT2D eigenvalue weighted by Crippen LogP contribution is 2.34. The van der Waals surface area contributed by atoms with Crippen molar-refractivity contribution in [1.82, 2.24) is 9.97 Å². The molecule has 154 valence electrons. The molecule has 2 N–H and O–H groups in total. The molecule has 1 aliphatic carbocycles. The van der Waals surface area contributed by atoms with E-state index < -0.39 is 0 Å². The summed E-state index contributed by atoms with van der Waals surface area (Å²) in [6, 6.07) is 14.4. The van der Waals surface area contributed by atoms with Gasteiger partial charge in [0.1, 0.15) is 23.6 Å². The second-order valence-corrected chi connectivity index (χ2v) is 7.34. The largest absolute Gasteiger partial charge is 0.456 e. The van der Waals surface area contributed by atoms with Gasteiger partial charge in [-0.05, 0) is 55.3 Å². The van der Waals surface area contributed by atoms with E-state index >= 15 is 0 Å². The molecule has 0 unspecified atom stereocenters. The molecule has 0 atom stereocenters. The average molecular weight is 431 g/mol. The molecule has 0 bridgehead atoms. The van der Waals surface area contributed by atoms with Gasteiger partial charge in [0, 0.05) is 17.9 Å². The lowest BCUT2D eigenvalue weighted by molar-refractivity contribution is 0.298. The predicted octanol–water partition coefficient (Wildman–Crippen LogP) is 5.42. The second kappa shape index (κ2) is 9.43. The van der Waals surface area contributed by atoms with Crippen molar-refractivity contribution in [1.29, 1.82) is 5.26 Å². The first kappa shape index (κ1) is 20.6. The number of hydrogen-bond acceptors (Lipinski definition) is 6. The zero-order valence-corrected chi connectivity index (χ0v) is 17.3. The summed E-state index contributed by atoms with van der Waals surface area (Å²) in [5.41, 5.74) is 4.17. The number of benzene rings is 2. The van der Waals surface area contributed by atoms with Gasteiger partial charge in [0.25, 0.3) is 0 Å². The summed E-state index contributed by atoms with van der Waals surface area (Å²) in [6.07, 6.45) is 8.65. The molecule has 31 heavy (non-hydrogen) atoms. The van der Waals surface area contributed by atoms with Gasteiger partial charge < -0.3 is 15.2 Å². The highest BCUT2D eigenvalue weighted by molar-refractivity contribution is 6.32. The molecule has 1 aliphatic rings. The predicted molar refractivity (Wildman–Crippen MR) is 121 cm³/mol. The number of allylic oxidation sites excluding steroid dienone is 2. The molecule has 0 aliphatic heterocycles. The summed E-state index contributed by atoms with van der Waals surface area (Å²) < 4.78 is 5.83. The van der Waals surface area contributed by atoms with Crippen molar-refractivity contribution in [3.8, 4) is 17.6 Å². The van der Waals surface area contributed by atoms with E-state index in [0.29, 0.717) is 40.7 Å². The molecular formula is C24H19ClN4O2. The van der Waals surface area contributed by atoms with Gasteiger partial charge in [0.05, 0.1) is 22.3 Å². The number of fused-ring (bicyclic) bond motifs is 1. The van der Waals surface area contributed by atoms with Crippen LogP contribution in [0.15, 0.2) is 66.5 Å². The Bertz CT molecular complexity index is 1210. The van der Waals surface area contributed by atoms with Gasteiger partial charge >= 0.3 is 0 Å². The summed E-state index contributed by atoms with van der Waals surface area (Å²) in [5.74, 6) is 1.71. The fourth-order valence-corrected chi connectivity index (χ4v) is 3.50. The van der Waals surface area contributed by atoms with Crippen LogP contribution in [0.3, 0.4) is 0 Å². The third-order valence-electron chi connectivity index (χ3n) is 4.79. The molecule has 0 spiro atoms. The number of ether oxygens (including phenoxy) is 1. The van der Waals surface area contributed by atoms with Gasteiger partial charge in [0.15, 0.2) is 0 Å². The highest BCUT2D eigenvalue weighted by atomic mass is 35.5. The molecule has 3 aromatic rings. The van der Waals surface area contributed by atoms with E-state index in [1.165, 1.54) is 6.33 Å². The molecule has 2 aromatic carbocycles. The van der Waals surface area contributed by atoms with Crippen molar-refractivity contribution in [3.63, 3.8) is 0 Å². The van der Waals surface area contributed by atoms with Crippen molar-refractivity contribution in [2.24, 2.45) is 0 Å². The third-order valence-corrected chi connectivity index (χ3v) is 5.08. The second-order valence-electron chi connectivity index (χ2n) is 6.93. The number of nitriles is 1. The molecule has 1 heterocycles. The monoisotopic (exact) mass is 430 g/mol. The van der Waals surface area contributed by atoms with Gasteiger partial charge in [-0.15, -0.1) is 0 Å². The summed E-state index contributed by atoms with van der Waals surface area (Å²) in [4.78, 5) is 8.78. The quantitative estimate of drug-likeness (QED) is 0.542. The Kier molecular flexibility index (Phi) is 6.27. The molecule has 0 amide bonds. The van der Waals surface area contributed by atoms with Crippen molar-refractivity contribution < 1.29 is 9.84 Å². The number of rotatable bonds is 6. The Balaban J connectivity index is 1.56. The summed E-state index contributed by atoms with van der Waals surface area (Å²) in [7, 11) is 0. The van der Waals surface area contributed by atoms with Gasteiger partial charge in [-0.3, -0.25) is 0 Å². The van der Waals surface area contributed by atoms with E-state index in [4.69, 9.17) is 21.6 Å². The van der Waals surface area contributed by atoms with Crippen LogP contribution in [0, 0.1) is 11.3 Å². The van der Waals surface area contributed by atoms with Crippen LogP contribution in [-0.2, 0) is 6.42 Å². The van der Waals surface area contributed by atoms with Gasteiger partial charge in [-0.2, -0.15) is 5.26 Å². The Morgan fingerprint density at radius 2 is 2.10 bits per heavy atom. The zero-order chi connectivity index (χ0) is 21.6. The Morgan fingerprint density at radius 3 is 2.90 bits per heavy atom. The van der Waals surface area contributed by atoms with Crippen molar-refractivity contribution in [2.45, 2.75) is 12.8 Å². The minimum Gasteiger partial charge on any atom is -0.456 e. The van der Waals surface area contributed by atoms with Crippen LogP contribution < -0.4 is 10.1 Å². The molecule has 1 aromatic heterocycles. The minimum atomic E-state index is 0.0970. The molecule has 0 fully saturated rings. The molecule has 7 heteroatoms. The van der Waals surface area contributed by atoms with E-state index in [1.54, 1.807) is 36.4 Å². The number of aliphatic hydroxyl groups excluding tert-OH is 1. The highest BCUT2D eigenvalue weighted by Gasteiger charge is 2.15. The van der Waals surface area contributed by atoms with Crippen molar-refractivity contribution >= 4 is 29.2 Å². The standard InChI is InChI=1S/C24H19ClN4O2/c25-21-13-18(7-8-23(21)31-19-5-1-4-17(11-19)14-26)29-24-20-12-16(9-10-30)3-2-6-22(20)27-15-28-24/h1-8,11,13,15,30H,9-10,12H2,(H,27,28,29). The summed E-state index contributed by atoms with van der Waals surface area (Å²) >= 11 is 6.44. The SMILES string of the molecule is N#Cc1cccc(Oc2ccc(Nc3ncnc4c3CC(CCO)=CC=C4)cc2Cl)c1. The molecule has 0 saturated carbocycles. The van der Waals surface area contributed by atoms with Crippen LogP contribution in [0.4, 0.5) is 11.5 Å². The Labute approximate surface area is 185 Å². The Hall–Kier alpha value is -3.66. The average Bonchev–Trinajstić information content (AvgIpc) is 2.99. The minimum absolute atomic E-state index is 0.0970.